The molecule has 16 heavy (non-hydrogen) atoms. The van der Waals surface area contributed by atoms with Crippen molar-refractivity contribution < 1.29 is 14.8 Å². The van der Waals surface area contributed by atoms with Crippen molar-refractivity contribution in [3.8, 4) is 23.8 Å². The first kappa shape index (κ1) is 11.9. The van der Waals surface area contributed by atoms with Crippen LogP contribution in [0, 0.1) is 22.5 Å². The maximum Gasteiger partial charge on any atom is 0.310 e. The molecule has 1 aromatic carbocycles. The highest BCUT2D eigenvalue weighted by Gasteiger charge is 2.18. The van der Waals surface area contributed by atoms with Gasteiger partial charge >= 0.3 is 5.69 Å². The minimum atomic E-state index is -0.831. The summed E-state index contributed by atoms with van der Waals surface area (Å²) in [5.74, 6) is 2.24. The smallest absolute Gasteiger partial charge is 0.310 e. The summed E-state index contributed by atoms with van der Waals surface area (Å²) < 4.78 is 5.35. The summed E-state index contributed by atoms with van der Waals surface area (Å²) in [6, 6.07) is 3.71. The molecule has 1 rings (SSSR count). The van der Waals surface area contributed by atoms with Gasteiger partial charge in [-0.15, -0.1) is 6.42 Å². The van der Waals surface area contributed by atoms with Crippen molar-refractivity contribution in [1.82, 2.24) is 0 Å². The van der Waals surface area contributed by atoms with Crippen molar-refractivity contribution in [1.29, 1.82) is 0 Å². The molecule has 0 saturated carbocycles. The fraction of sp³-hybridized carbons (Fsp3) is 0.273. The molecule has 0 heterocycles. The molecule has 0 aromatic heterocycles. The van der Waals surface area contributed by atoms with Crippen LogP contribution in [0.2, 0.25) is 0 Å². The summed E-state index contributed by atoms with van der Waals surface area (Å²) in [6.07, 6.45) is 5.22. The molecule has 0 unspecified atom stereocenters. The van der Waals surface area contributed by atoms with Gasteiger partial charge in [-0.3, -0.25) is 10.1 Å². The molecule has 1 N–H and O–H groups in total. The van der Waals surface area contributed by atoms with Gasteiger partial charge < -0.3 is 9.84 Å². The SMILES string of the molecule is C#CC(C)(C)Oc1ccc([N+](=O)[O-])c(O)c1. The first-order valence-electron chi connectivity index (χ1n) is 4.50. The third-order valence-electron chi connectivity index (χ3n) is 1.86. The van der Waals surface area contributed by atoms with E-state index in [2.05, 4.69) is 5.92 Å². The third-order valence-corrected chi connectivity index (χ3v) is 1.86. The van der Waals surface area contributed by atoms with E-state index in [1.54, 1.807) is 13.8 Å². The minimum Gasteiger partial charge on any atom is -0.502 e. The lowest BCUT2D eigenvalue weighted by Gasteiger charge is -2.20. The van der Waals surface area contributed by atoms with E-state index in [4.69, 9.17) is 11.2 Å². The summed E-state index contributed by atoms with van der Waals surface area (Å²) >= 11 is 0. The first-order chi connectivity index (χ1) is 7.35. The zero-order valence-corrected chi connectivity index (χ0v) is 8.93. The number of hydrogen-bond acceptors (Lipinski definition) is 4. The number of nitro groups is 1. The van der Waals surface area contributed by atoms with Crippen molar-refractivity contribution in [2.24, 2.45) is 0 Å². The molecule has 0 bridgehead atoms. The lowest BCUT2D eigenvalue weighted by molar-refractivity contribution is -0.385. The molecule has 0 amide bonds. The molecule has 84 valence electrons. The maximum atomic E-state index is 10.4. The van der Waals surface area contributed by atoms with Crippen molar-refractivity contribution >= 4 is 5.69 Å². The Hall–Kier alpha value is -2.22. The third kappa shape index (κ3) is 2.64. The second-order valence-electron chi connectivity index (χ2n) is 3.66. The van der Waals surface area contributed by atoms with Gasteiger partial charge in [-0.25, -0.2) is 0 Å². The molecule has 0 aliphatic rings. The number of benzene rings is 1. The Morgan fingerprint density at radius 3 is 2.62 bits per heavy atom. The molecule has 0 atom stereocenters. The first-order valence-corrected chi connectivity index (χ1v) is 4.50. The van der Waals surface area contributed by atoms with E-state index in [0.29, 0.717) is 0 Å². The van der Waals surface area contributed by atoms with Crippen LogP contribution in [0.15, 0.2) is 18.2 Å². The van der Waals surface area contributed by atoms with Gasteiger partial charge in [-0.1, -0.05) is 5.92 Å². The van der Waals surface area contributed by atoms with Gasteiger partial charge in [-0.2, -0.15) is 0 Å². The number of nitrogens with zero attached hydrogens (tertiary/aromatic N) is 1. The van der Waals surface area contributed by atoms with Crippen LogP contribution in [0.25, 0.3) is 0 Å². The molecule has 1 aromatic rings. The van der Waals surface area contributed by atoms with Crippen LogP contribution in [-0.2, 0) is 0 Å². The normalized spacial score (nSPS) is 10.6. The predicted molar refractivity (Wildman–Crippen MR) is 58.3 cm³/mol. The average Bonchev–Trinajstić information content (AvgIpc) is 2.16. The van der Waals surface area contributed by atoms with Gasteiger partial charge in [0.05, 0.1) is 4.92 Å². The highest BCUT2D eigenvalue weighted by atomic mass is 16.6. The van der Waals surface area contributed by atoms with E-state index in [1.807, 2.05) is 0 Å². The second kappa shape index (κ2) is 4.11. The molecule has 0 saturated heterocycles. The summed E-state index contributed by atoms with van der Waals surface area (Å²) in [7, 11) is 0. The largest absolute Gasteiger partial charge is 0.502 e. The van der Waals surface area contributed by atoms with Crippen LogP contribution < -0.4 is 4.74 Å². The lowest BCUT2D eigenvalue weighted by Crippen LogP contribution is -2.25. The van der Waals surface area contributed by atoms with Gasteiger partial charge in [0.15, 0.2) is 11.4 Å². The van der Waals surface area contributed by atoms with Gasteiger partial charge in [0, 0.05) is 12.1 Å². The Balaban J connectivity index is 2.99. The van der Waals surface area contributed by atoms with Crippen LogP contribution >= 0.6 is 0 Å². The molecule has 0 aliphatic heterocycles. The molecule has 5 nitrogen and oxygen atoms in total. The standard InChI is InChI=1S/C11H11NO4/c1-4-11(2,3)16-8-5-6-9(12(14)15)10(13)7-8/h1,5-7,13H,2-3H3. The molecule has 0 fully saturated rings. The Morgan fingerprint density at radius 1 is 1.56 bits per heavy atom. The molecule has 0 aliphatic carbocycles. The predicted octanol–water partition coefficient (Wildman–Crippen LogP) is 2.09. The van der Waals surface area contributed by atoms with Crippen molar-refractivity contribution in [2.45, 2.75) is 19.4 Å². The van der Waals surface area contributed by atoms with E-state index in [-0.39, 0.29) is 11.4 Å². The number of nitro benzene ring substituents is 1. The van der Waals surface area contributed by atoms with Crippen LogP contribution in [0.5, 0.6) is 11.5 Å². The zero-order chi connectivity index (χ0) is 12.3. The topological polar surface area (TPSA) is 72.6 Å². The number of terminal acetylenes is 1. The summed E-state index contributed by atoms with van der Waals surface area (Å²) in [4.78, 5) is 9.77. The zero-order valence-electron chi connectivity index (χ0n) is 8.93. The summed E-state index contributed by atoms with van der Waals surface area (Å²) in [6.45, 7) is 3.34. The number of phenols is 1. The Kier molecular flexibility index (Phi) is 3.04. The quantitative estimate of drug-likeness (QED) is 0.482. The number of phenolic OH excluding ortho intramolecular Hbond substituents is 1. The Labute approximate surface area is 92.8 Å². The van der Waals surface area contributed by atoms with Crippen molar-refractivity contribution in [3.05, 3.63) is 28.3 Å². The molecule has 5 heteroatoms. The van der Waals surface area contributed by atoms with Gasteiger partial charge in [0.1, 0.15) is 5.75 Å². The second-order valence-corrected chi connectivity index (χ2v) is 3.66. The van der Waals surface area contributed by atoms with Crippen LogP contribution in [-0.4, -0.2) is 15.6 Å². The van der Waals surface area contributed by atoms with E-state index in [9.17, 15) is 15.2 Å². The number of ether oxygens (including phenoxy) is 1. The molecule has 0 spiro atoms. The van der Waals surface area contributed by atoms with Crippen LogP contribution in [0.4, 0.5) is 5.69 Å². The minimum absolute atomic E-state index is 0.283. The monoisotopic (exact) mass is 221 g/mol. The Morgan fingerprint density at radius 2 is 2.19 bits per heavy atom. The fourth-order valence-electron chi connectivity index (χ4n) is 1.05. The van der Waals surface area contributed by atoms with E-state index >= 15 is 0 Å². The number of hydrogen-bond donors (Lipinski definition) is 1. The van der Waals surface area contributed by atoms with Gasteiger partial charge in [0.25, 0.3) is 0 Å². The average molecular weight is 221 g/mol. The summed E-state index contributed by atoms with van der Waals surface area (Å²) in [5.41, 5.74) is -1.20. The molecule has 0 radical (unpaired) electrons. The van der Waals surface area contributed by atoms with Crippen molar-refractivity contribution in [3.63, 3.8) is 0 Å². The van der Waals surface area contributed by atoms with Crippen LogP contribution in [0.1, 0.15) is 13.8 Å². The molecular weight excluding hydrogens is 210 g/mol. The van der Waals surface area contributed by atoms with Crippen molar-refractivity contribution in [2.75, 3.05) is 0 Å². The molecular formula is C11H11NO4. The fourth-order valence-corrected chi connectivity index (χ4v) is 1.05. The highest BCUT2D eigenvalue weighted by molar-refractivity contribution is 5.49. The summed E-state index contributed by atoms with van der Waals surface area (Å²) in [5, 5.41) is 19.8. The van der Waals surface area contributed by atoms with Crippen LogP contribution in [0.3, 0.4) is 0 Å². The Bertz CT molecular complexity index is 460. The maximum absolute atomic E-state index is 10.4. The van der Waals surface area contributed by atoms with E-state index in [1.165, 1.54) is 6.07 Å². The number of rotatable bonds is 3. The lowest BCUT2D eigenvalue weighted by atomic mass is 10.1. The van der Waals surface area contributed by atoms with E-state index < -0.39 is 16.3 Å². The van der Waals surface area contributed by atoms with E-state index in [0.717, 1.165) is 12.1 Å². The highest BCUT2D eigenvalue weighted by Crippen LogP contribution is 2.31. The van der Waals surface area contributed by atoms with Gasteiger partial charge in [-0.05, 0) is 19.9 Å². The van der Waals surface area contributed by atoms with Gasteiger partial charge in [0.2, 0.25) is 0 Å². The number of aromatic hydroxyl groups is 1.